The van der Waals surface area contributed by atoms with Crippen molar-refractivity contribution in [3.8, 4) is 5.75 Å². The van der Waals surface area contributed by atoms with Crippen LogP contribution in [-0.2, 0) is 11.3 Å². The Labute approximate surface area is 262 Å². The van der Waals surface area contributed by atoms with Crippen molar-refractivity contribution < 1.29 is 24.2 Å². The maximum Gasteiger partial charge on any atom is 0.258 e. The Bertz CT molecular complexity index is 1340. The summed E-state index contributed by atoms with van der Waals surface area (Å²) in [4.78, 5) is 31.2. The first-order chi connectivity index (χ1) is 21.2. The number of anilines is 1. The van der Waals surface area contributed by atoms with Gasteiger partial charge in [-0.2, -0.15) is 0 Å². The van der Waals surface area contributed by atoms with Gasteiger partial charge < -0.3 is 24.8 Å². The highest BCUT2D eigenvalue weighted by Crippen LogP contribution is 2.29. The number of nitrogens with one attached hydrogen (secondary N) is 1. The number of aliphatic hydroxyl groups is 1. The number of aliphatic hydroxyl groups excluding tert-OH is 1. The van der Waals surface area contributed by atoms with Gasteiger partial charge in [0.15, 0.2) is 0 Å². The average Bonchev–Trinajstić information content (AvgIpc) is 3.03. The van der Waals surface area contributed by atoms with Crippen LogP contribution in [0.3, 0.4) is 0 Å². The van der Waals surface area contributed by atoms with Crippen LogP contribution in [0.4, 0.5) is 5.69 Å². The zero-order chi connectivity index (χ0) is 31.5. The second-order valence-corrected chi connectivity index (χ2v) is 12.0. The Kier molecular flexibility index (Phi) is 12.4. The van der Waals surface area contributed by atoms with E-state index in [1.807, 2.05) is 50.2 Å². The summed E-state index contributed by atoms with van der Waals surface area (Å²) in [7, 11) is 2.09. The summed E-state index contributed by atoms with van der Waals surface area (Å²) in [5.41, 5.74) is 2.61. The molecule has 0 saturated heterocycles. The summed E-state index contributed by atoms with van der Waals surface area (Å²) in [6.07, 6.45) is 2.42. The van der Waals surface area contributed by atoms with E-state index >= 15 is 0 Å². The number of ether oxygens (including phenoxy) is 2. The number of benzene rings is 3. The Hall–Kier alpha value is -3.72. The molecule has 1 aliphatic rings. The van der Waals surface area contributed by atoms with Gasteiger partial charge in [0.1, 0.15) is 5.75 Å². The number of hydrogen-bond acceptors (Lipinski definition) is 6. The third-order valence-corrected chi connectivity index (χ3v) is 8.13. The molecule has 0 bridgehead atoms. The van der Waals surface area contributed by atoms with Crippen LogP contribution >= 0.6 is 0 Å². The van der Waals surface area contributed by atoms with Gasteiger partial charge in [0.05, 0.1) is 30.4 Å². The first kappa shape index (κ1) is 33.2. The predicted molar refractivity (Wildman–Crippen MR) is 174 cm³/mol. The van der Waals surface area contributed by atoms with Crippen molar-refractivity contribution in [2.75, 3.05) is 38.7 Å². The zero-order valence-corrected chi connectivity index (χ0v) is 26.4. The quantitative estimate of drug-likeness (QED) is 0.336. The lowest BCUT2D eigenvalue weighted by atomic mass is 10.0. The van der Waals surface area contributed by atoms with E-state index in [-0.39, 0.29) is 36.5 Å². The van der Waals surface area contributed by atoms with Gasteiger partial charge >= 0.3 is 0 Å². The Morgan fingerprint density at radius 3 is 2.45 bits per heavy atom. The maximum absolute atomic E-state index is 14.3. The average molecular weight is 602 g/mol. The number of amides is 2. The Morgan fingerprint density at radius 1 is 1.05 bits per heavy atom. The van der Waals surface area contributed by atoms with Crippen molar-refractivity contribution in [2.24, 2.45) is 5.92 Å². The Morgan fingerprint density at radius 2 is 1.75 bits per heavy atom. The molecule has 8 nitrogen and oxygen atoms in total. The molecule has 0 fully saturated rings. The van der Waals surface area contributed by atoms with Gasteiger partial charge in [0.25, 0.3) is 11.8 Å². The molecule has 0 aliphatic carbocycles. The first-order valence-electron chi connectivity index (χ1n) is 15.7. The lowest BCUT2D eigenvalue weighted by Crippen LogP contribution is -2.47. The van der Waals surface area contributed by atoms with Gasteiger partial charge in [-0.3, -0.25) is 14.5 Å². The fraction of sp³-hybridized carbons (Fsp3) is 0.444. The molecule has 1 aliphatic heterocycles. The third-order valence-electron chi connectivity index (χ3n) is 8.13. The van der Waals surface area contributed by atoms with E-state index in [2.05, 4.69) is 36.3 Å². The molecule has 3 aromatic rings. The second-order valence-electron chi connectivity index (χ2n) is 12.0. The molecule has 236 valence electrons. The minimum Gasteiger partial charge on any atom is -0.490 e. The van der Waals surface area contributed by atoms with Crippen molar-refractivity contribution in [1.82, 2.24) is 9.80 Å². The van der Waals surface area contributed by atoms with Crippen LogP contribution in [0.25, 0.3) is 0 Å². The van der Waals surface area contributed by atoms with Gasteiger partial charge in [-0.1, -0.05) is 55.5 Å². The van der Waals surface area contributed by atoms with E-state index in [0.29, 0.717) is 42.3 Å². The van der Waals surface area contributed by atoms with Crippen molar-refractivity contribution in [1.29, 1.82) is 0 Å². The lowest BCUT2D eigenvalue weighted by Gasteiger charge is -2.36. The van der Waals surface area contributed by atoms with Gasteiger partial charge in [-0.15, -0.1) is 0 Å². The summed E-state index contributed by atoms with van der Waals surface area (Å²) < 4.78 is 12.8. The number of hydrogen-bond donors (Lipinski definition) is 2. The molecule has 0 saturated carbocycles. The van der Waals surface area contributed by atoms with Crippen molar-refractivity contribution in [2.45, 2.75) is 64.8 Å². The van der Waals surface area contributed by atoms with E-state index in [0.717, 1.165) is 25.8 Å². The molecular weight excluding hydrogens is 554 g/mol. The first-order valence-corrected chi connectivity index (χ1v) is 15.7. The van der Waals surface area contributed by atoms with Crippen LogP contribution in [0, 0.1) is 5.92 Å². The fourth-order valence-electron chi connectivity index (χ4n) is 5.52. The number of nitrogens with zero attached hydrogens (tertiary/aromatic N) is 2. The van der Waals surface area contributed by atoms with Crippen LogP contribution in [0.1, 0.15) is 66.3 Å². The van der Waals surface area contributed by atoms with E-state index in [1.165, 1.54) is 5.56 Å². The van der Waals surface area contributed by atoms with Crippen molar-refractivity contribution in [3.63, 3.8) is 0 Å². The number of carbonyl (C=O) groups excluding carboxylic acids is 2. The van der Waals surface area contributed by atoms with Gasteiger partial charge in [0, 0.05) is 43.4 Å². The number of likely N-dealkylation sites (N-methyl/N-ethyl adjacent to an activating group) is 1. The van der Waals surface area contributed by atoms with E-state index < -0.39 is 6.04 Å². The van der Waals surface area contributed by atoms with Crippen LogP contribution in [0.2, 0.25) is 0 Å². The van der Waals surface area contributed by atoms with Gasteiger partial charge in [0.2, 0.25) is 0 Å². The molecule has 2 N–H and O–H groups in total. The topological polar surface area (TPSA) is 91.3 Å². The molecule has 0 spiro atoms. The van der Waals surface area contributed by atoms with Gasteiger partial charge in [-0.25, -0.2) is 0 Å². The number of fused-ring (bicyclic) bond motifs is 1. The molecule has 2 amide bonds. The summed E-state index contributed by atoms with van der Waals surface area (Å²) in [5.74, 6) is -0.0688. The maximum atomic E-state index is 14.3. The predicted octanol–water partition coefficient (Wildman–Crippen LogP) is 5.87. The van der Waals surface area contributed by atoms with Gasteiger partial charge in [-0.05, 0) is 76.1 Å². The standard InChI is InChI=1S/C36H47N3O5/c1-26-22-39(27(2)25-40)36(42)32-21-31(37-35(41)30-16-9-6-10-17-30)18-19-33(32)44-28(3)13-11-12-20-43-34(26)24-38(4)23-29-14-7-5-8-15-29/h5-10,14-19,21,26-28,34,40H,11-13,20,22-25H2,1-4H3,(H,37,41)/t26-,27+,28+,34+/m0/s1. The van der Waals surface area contributed by atoms with Crippen molar-refractivity contribution >= 4 is 17.5 Å². The molecule has 4 rings (SSSR count). The summed E-state index contributed by atoms with van der Waals surface area (Å²) >= 11 is 0. The minimum absolute atomic E-state index is 0.0154. The SMILES string of the molecule is C[C@@H]1CCCCO[C@H](CN(C)Cc2ccccc2)[C@@H](C)CN([C@H](C)CO)C(=O)c2cc(NC(=O)c3ccccc3)ccc2O1. The molecule has 8 heteroatoms. The normalized spacial score (nSPS) is 20.7. The molecule has 0 aromatic heterocycles. The molecule has 1 heterocycles. The smallest absolute Gasteiger partial charge is 0.258 e. The largest absolute Gasteiger partial charge is 0.490 e. The van der Waals surface area contributed by atoms with Crippen LogP contribution in [-0.4, -0.2) is 78.3 Å². The zero-order valence-electron chi connectivity index (χ0n) is 26.4. The Balaban J connectivity index is 1.61. The molecular formula is C36H47N3O5. The molecule has 0 radical (unpaired) electrons. The molecule has 4 atom stereocenters. The third kappa shape index (κ3) is 9.39. The molecule has 44 heavy (non-hydrogen) atoms. The van der Waals surface area contributed by atoms with E-state index in [4.69, 9.17) is 9.47 Å². The van der Waals surface area contributed by atoms with Crippen LogP contribution in [0.5, 0.6) is 5.75 Å². The highest BCUT2D eigenvalue weighted by Gasteiger charge is 2.30. The van der Waals surface area contributed by atoms with Crippen molar-refractivity contribution in [3.05, 3.63) is 95.6 Å². The molecule has 0 unspecified atom stereocenters. The summed E-state index contributed by atoms with van der Waals surface area (Å²) in [6, 6.07) is 24.1. The minimum atomic E-state index is -0.437. The molecule has 3 aromatic carbocycles. The summed E-state index contributed by atoms with van der Waals surface area (Å²) in [5, 5.41) is 13.1. The van der Waals surface area contributed by atoms with Crippen LogP contribution < -0.4 is 10.1 Å². The second kappa shape index (κ2) is 16.4. The van der Waals surface area contributed by atoms with E-state index in [1.54, 1.807) is 35.2 Å². The monoisotopic (exact) mass is 601 g/mol. The highest BCUT2D eigenvalue weighted by atomic mass is 16.5. The van der Waals surface area contributed by atoms with E-state index in [9.17, 15) is 14.7 Å². The van der Waals surface area contributed by atoms with Crippen LogP contribution in [0.15, 0.2) is 78.9 Å². The lowest BCUT2D eigenvalue weighted by molar-refractivity contribution is -0.0177. The fourth-order valence-corrected chi connectivity index (χ4v) is 5.52. The number of carbonyl (C=O) groups is 2. The number of rotatable bonds is 8. The summed E-state index contributed by atoms with van der Waals surface area (Å²) in [6.45, 7) is 8.28. The highest BCUT2D eigenvalue weighted by molar-refractivity contribution is 6.05.